The molecule has 0 unspecified atom stereocenters. The molecule has 0 saturated carbocycles. The van der Waals surface area contributed by atoms with E-state index in [1.54, 1.807) is 11.3 Å². The van der Waals surface area contributed by atoms with Gasteiger partial charge >= 0.3 is 0 Å². The molecule has 0 spiro atoms. The van der Waals surface area contributed by atoms with Crippen molar-refractivity contribution in [1.82, 2.24) is 14.9 Å². The molecule has 3 aromatic rings. The molecule has 31 heavy (non-hydrogen) atoms. The monoisotopic (exact) mass is 435 g/mol. The van der Waals surface area contributed by atoms with Gasteiger partial charge in [-0.15, -0.1) is 11.3 Å². The molecule has 1 aliphatic rings. The molecule has 1 saturated heterocycles. The highest BCUT2D eigenvalue weighted by molar-refractivity contribution is 7.15. The summed E-state index contributed by atoms with van der Waals surface area (Å²) in [5.74, 6) is 0.503. The van der Waals surface area contributed by atoms with E-state index in [2.05, 4.69) is 39.2 Å². The van der Waals surface area contributed by atoms with Crippen molar-refractivity contribution < 1.29 is 9.53 Å². The van der Waals surface area contributed by atoms with Crippen molar-refractivity contribution in [2.45, 2.75) is 13.5 Å². The number of carbonyl (C=O) groups excluding carboxylic acids is 1. The van der Waals surface area contributed by atoms with E-state index in [0.717, 1.165) is 65.5 Å². The van der Waals surface area contributed by atoms with Gasteiger partial charge in [0, 0.05) is 42.0 Å². The normalized spacial score (nSPS) is 14.2. The molecule has 8 heteroatoms. The van der Waals surface area contributed by atoms with Crippen LogP contribution in [0.5, 0.6) is 0 Å². The molecule has 0 radical (unpaired) electrons. The third-order valence-corrected chi connectivity index (χ3v) is 5.69. The zero-order valence-electron chi connectivity index (χ0n) is 17.4. The predicted octanol–water partition coefficient (Wildman–Crippen LogP) is 4.21. The highest BCUT2D eigenvalue weighted by Crippen LogP contribution is 2.27. The summed E-state index contributed by atoms with van der Waals surface area (Å²) in [7, 11) is 0. The SMILES string of the molecule is C=CC(=O)Nc1cccc(-c2cc(CN3CCOCC3)cc(Nc3ncc(C)s3)n2)c1. The van der Waals surface area contributed by atoms with Gasteiger partial charge in [-0.05, 0) is 42.8 Å². The van der Waals surface area contributed by atoms with Crippen LogP contribution in [0.4, 0.5) is 16.6 Å². The number of aromatic nitrogens is 2. The highest BCUT2D eigenvalue weighted by atomic mass is 32.1. The van der Waals surface area contributed by atoms with Crippen LogP contribution in [-0.4, -0.2) is 47.1 Å². The minimum Gasteiger partial charge on any atom is -0.379 e. The molecule has 1 amide bonds. The van der Waals surface area contributed by atoms with Crippen LogP contribution in [0.15, 0.2) is 55.3 Å². The summed E-state index contributed by atoms with van der Waals surface area (Å²) in [4.78, 5) is 24.4. The number of thiazole rings is 1. The fourth-order valence-corrected chi connectivity index (χ4v) is 4.05. The van der Waals surface area contributed by atoms with E-state index in [1.807, 2.05) is 37.4 Å². The zero-order chi connectivity index (χ0) is 21.6. The molecule has 0 atom stereocenters. The summed E-state index contributed by atoms with van der Waals surface area (Å²) in [5.41, 5.74) is 3.61. The first-order valence-electron chi connectivity index (χ1n) is 10.1. The van der Waals surface area contributed by atoms with E-state index in [9.17, 15) is 4.79 Å². The van der Waals surface area contributed by atoms with Crippen molar-refractivity contribution in [1.29, 1.82) is 0 Å². The second kappa shape index (κ2) is 9.82. The molecule has 1 aliphatic heterocycles. The van der Waals surface area contributed by atoms with Crippen LogP contribution in [0.2, 0.25) is 0 Å². The summed E-state index contributed by atoms with van der Waals surface area (Å²) >= 11 is 1.59. The fourth-order valence-electron chi connectivity index (χ4n) is 3.38. The van der Waals surface area contributed by atoms with Crippen molar-refractivity contribution in [2.24, 2.45) is 0 Å². The fraction of sp³-hybridized carbons (Fsp3) is 0.261. The number of nitrogens with one attached hydrogen (secondary N) is 2. The maximum Gasteiger partial charge on any atom is 0.247 e. The molecule has 1 aromatic carbocycles. The minimum atomic E-state index is -0.243. The van der Waals surface area contributed by atoms with Gasteiger partial charge in [0.2, 0.25) is 5.91 Å². The van der Waals surface area contributed by atoms with Crippen LogP contribution < -0.4 is 10.6 Å². The molecule has 2 N–H and O–H groups in total. The lowest BCUT2D eigenvalue weighted by molar-refractivity contribution is -0.111. The third kappa shape index (κ3) is 5.75. The van der Waals surface area contributed by atoms with E-state index >= 15 is 0 Å². The number of rotatable bonds is 7. The molecule has 1 fully saturated rings. The molecule has 7 nitrogen and oxygen atoms in total. The van der Waals surface area contributed by atoms with Crippen LogP contribution in [0.25, 0.3) is 11.3 Å². The Bertz CT molecular complexity index is 1080. The molecule has 4 rings (SSSR count). The summed E-state index contributed by atoms with van der Waals surface area (Å²) in [6.45, 7) is 9.69. The first kappa shape index (κ1) is 21.2. The van der Waals surface area contributed by atoms with Crippen LogP contribution in [0, 0.1) is 6.92 Å². The van der Waals surface area contributed by atoms with Crippen LogP contribution >= 0.6 is 11.3 Å². The van der Waals surface area contributed by atoms with E-state index < -0.39 is 0 Å². The Morgan fingerprint density at radius 2 is 2.13 bits per heavy atom. The number of carbonyl (C=O) groups is 1. The third-order valence-electron chi connectivity index (χ3n) is 4.86. The smallest absolute Gasteiger partial charge is 0.247 e. The summed E-state index contributed by atoms with van der Waals surface area (Å²) < 4.78 is 5.47. The molecule has 3 heterocycles. The summed E-state index contributed by atoms with van der Waals surface area (Å²) in [6, 6.07) is 11.8. The van der Waals surface area contributed by atoms with Crippen LogP contribution in [-0.2, 0) is 16.1 Å². The maximum absolute atomic E-state index is 11.7. The number of hydrogen-bond acceptors (Lipinski definition) is 7. The van der Waals surface area contributed by atoms with Crippen molar-refractivity contribution in [3.8, 4) is 11.3 Å². The first-order valence-corrected chi connectivity index (χ1v) is 10.9. The van der Waals surface area contributed by atoms with Crippen molar-refractivity contribution in [3.05, 3.63) is 65.7 Å². The second-order valence-corrected chi connectivity index (χ2v) is 8.54. The Balaban J connectivity index is 1.65. The van der Waals surface area contributed by atoms with Crippen molar-refractivity contribution in [2.75, 3.05) is 36.9 Å². The van der Waals surface area contributed by atoms with Crippen molar-refractivity contribution in [3.63, 3.8) is 0 Å². The Labute approximate surface area is 185 Å². The molecular weight excluding hydrogens is 410 g/mol. The standard InChI is InChI=1S/C23H25N5O2S/c1-3-22(29)25-19-6-4-5-18(13-19)20-11-17(15-28-7-9-30-10-8-28)12-21(26-20)27-23-24-14-16(2)31-23/h3-6,11-14H,1,7-10,15H2,2H3,(H,25,29)(H,24,26,27). The lowest BCUT2D eigenvalue weighted by Crippen LogP contribution is -2.35. The topological polar surface area (TPSA) is 79.4 Å². The van der Waals surface area contributed by atoms with Gasteiger partial charge in [-0.2, -0.15) is 0 Å². The Morgan fingerprint density at radius 1 is 1.29 bits per heavy atom. The predicted molar refractivity (Wildman–Crippen MR) is 125 cm³/mol. The minimum absolute atomic E-state index is 0.243. The lowest BCUT2D eigenvalue weighted by Gasteiger charge is -2.26. The highest BCUT2D eigenvalue weighted by Gasteiger charge is 2.14. The Kier molecular flexibility index (Phi) is 6.71. The number of nitrogens with zero attached hydrogens (tertiary/aromatic N) is 3. The molecule has 160 valence electrons. The van der Waals surface area contributed by atoms with E-state index in [4.69, 9.17) is 9.72 Å². The van der Waals surface area contributed by atoms with Gasteiger partial charge in [-0.1, -0.05) is 18.7 Å². The van der Waals surface area contributed by atoms with Gasteiger partial charge in [0.15, 0.2) is 5.13 Å². The van der Waals surface area contributed by atoms with Crippen LogP contribution in [0.3, 0.4) is 0 Å². The van der Waals surface area contributed by atoms with E-state index in [1.165, 1.54) is 6.08 Å². The number of ether oxygens (including phenoxy) is 1. The van der Waals surface area contributed by atoms with Crippen molar-refractivity contribution >= 4 is 33.9 Å². The molecule has 0 bridgehead atoms. The number of pyridine rings is 1. The van der Waals surface area contributed by atoms with Crippen LogP contribution in [0.1, 0.15) is 10.4 Å². The van der Waals surface area contributed by atoms with Gasteiger partial charge in [0.1, 0.15) is 5.82 Å². The number of aryl methyl sites for hydroxylation is 1. The summed E-state index contributed by atoms with van der Waals surface area (Å²) in [6.07, 6.45) is 3.10. The number of amides is 1. The molecule has 2 aromatic heterocycles. The number of benzene rings is 1. The average molecular weight is 436 g/mol. The first-order chi connectivity index (χ1) is 15.1. The van der Waals surface area contributed by atoms with Gasteiger partial charge in [-0.3, -0.25) is 9.69 Å². The Hall–Kier alpha value is -3.07. The van der Waals surface area contributed by atoms with E-state index in [0.29, 0.717) is 5.69 Å². The van der Waals surface area contributed by atoms with Gasteiger partial charge in [0.05, 0.1) is 18.9 Å². The second-order valence-electron chi connectivity index (χ2n) is 7.31. The number of morpholine rings is 1. The van der Waals surface area contributed by atoms with E-state index in [-0.39, 0.29) is 5.91 Å². The largest absolute Gasteiger partial charge is 0.379 e. The maximum atomic E-state index is 11.7. The number of hydrogen-bond donors (Lipinski definition) is 2. The van der Waals surface area contributed by atoms with Gasteiger partial charge in [-0.25, -0.2) is 9.97 Å². The zero-order valence-corrected chi connectivity index (χ0v) is 18.2. The average Bonchev–Trinajstić information content (AvgIpc) is 3.19. The number of anilines is 3. The van der Waals surface area contributed by atoms with Gasteiger partial charge < -0.3 is 15.4 Å². The lowest BCUT2D eigenvalue weighted by atomic mass is 10.1. The van der Waals surface area contributed by atoms with Gasteiger partial charge in [0.25, 0.3) is 0 Å². The quantitative estimate of drug-likeness (QED) is 0.541. The Morgan fingerprint density at radius 3 is 2.87 bits per heavy atom. The summed E-state index contributed by atoms with van der Waals surface area (Å²) in [5, 5.41) is 6.96. The molecular formula is C23H25N5O2S. The molecule has 0 aliphatic carbocycles.